The van der Waals surface area contributed by atoms with Gasteiger partial charge in [0, 0.05) is 33.1 Å². The average molecular weight is 275 g/mol. The van der Waals surface area contributed by atoms with Crippen molar-refractivity contribution < 1.29 is 9.90 Å². The SMILES string of the molecule is CC(=O)O.CCCCCCCCN(CCN)CCN. The van der Waals surface area contributed by atoms with Crippen LogP contribution >= 0.6 is 0 Å². The highest BCUT2D eigenvalue weighted by atomic mass is 16.4. The quantitative estimate of drug-likeness (QED) is 0.499. The van der Waals surface area contributed by atoms with Gasteiger partial charge in [-0.2, -0.15) is 0 Å². The van der Waals surface area contributed by atoms with Crippen molar-refractivity contribution in [2.75, 3.05) is 32.7 Å². The highest BCUT2D eigenvalue weighted by Gasteiger charge is 2.01. The van der Waals surface area contributed by atoms with Gasteiger partial charge in [0.25, 0.3) is 5.97 Å². The molecule has 0 aliphatic heterocycles. The fourth-order valence-electron chi connectivity index (χ4n) is 1.82. The fraction of sp³-hybridized carbons (Fsp3) is 0.929. The molecule has 0 aromatic carbocycles. The summed E-state index contributed by atoms with van der Waals surface area (Å²) in [5, 5.41) is 7.42. The molecule has 0 amide bonds. The van der Waals surface area contributed by atoms with Crippen molar-refractivity contribution in [3.8, 4) is 0 Å². The molecule has 5 nitrogen and oxygen atoms in total. The maximum absolute atomic E-state index is 9.00. The van der Waals surface area contributed by atoms with E-state index in [1.807, 2.05) is 0 Å². The van der Waals surface area contributed by atoms with Crippen molar-refractivity contribution in [1.29, 1.82) is 0 Å². The summed E-state index contributed by atoms with van der Waals surface area (Å²) in [6.07, 6.45) is 8.13. The van der Waals surface area contributed by atoms with Gasteiger partial charge in [0.1, 0.15) is 0 Å². The number of hydrogen-bond donors (Lipinski definition) is 3. The molecule has 0 aromatic heterocycles. The van der Waals surface area contributed by atoms with Crippen LogP contribution in [0.3, 0.4) is 0 Å². The number of hydrogen-bond acceptors (Lipinski definition) is 4. The van der Waals surface area contributed by atoms with Crippen LogP contribution in [0, 0.1) is 0 Å². The van der Waals surface area contributed by atoms with Crippen molar-refractivity contribution >= 4 is 5.97 Å². The van der Waals surface area contributed by atoms with Crippen LogP contribution in [0.1, 0.15) is 52.4 Å². The van der Waals surface area contributed by atoms with E-state index in [4.69, 9.17) is 21.4 Å². The highest BCUT2D eigenvalue weighted by Crippen LogP contribution is 2.05. The van der Waals surface area contributed by atoms with E-state index in [2.05, 4.69) is 11.8 Å². The molecule has 0 bridgehead atoms. The van der Waals surface area contributed by atoms with E-state index in [-0.39, 0.29) is 0 Å². The van der Waals surface area contributed by atoms with Crippen LogP contribution in [0.2, 0.25) is 0 Å². The molecular weight excluding hydrogens is 242 g/mol. The molecule has 116 valence electrons. The third-order valence-corrected chi connectivity index (χ3v) is 2.72. The zero-order valence-corrected chi connectivity index (χ0v) is 12.7. The molecule has 0 rings (SSSR count). The summed E-state index contributed by atoms with van der Waals surface area (Å²) < 4.78 is 0. The minimum atomic E-state index is -0.833. The lowest BCUT2D eigenvalue weighted by Crippen LogP contribution is -2.34. The number of unbranched alkanes of at least 4 members (excludes halogenated alkanes) is 5. The van der Waals surface area contributed by atoms with Gasteiger partial charge in [0.05, 0.1) is 0 Å². The van der Waals surface area contributed by atoms with Crippen molar-refractivity contribution in [3.63, 3.8) is 0 Å². The monoisotopic (exact) mass is 275 g/mol. The largest absolute Gasteiger partial charge is 0.481 e. The second kappa shape index (κ2) is 17.4. The predicted octanol–water partition coefficient (Wildman–Crippen LogP) is 1.66. The van der Waals surface area contributed by atoms with Gasteiger partial charge in [0.2, 0.25) is 0 Å². The Morgan fingerprint density at radius 3 is 1.79 bits per heavy atom. The molecule has 0 unspecified atom stereocenters. The zero-order valence-electron chi connectivity index (χ0n) is 12.7. The Balaban J connectivity index is 0. The number of nitrogens with two attached hydrogens (primary N) is 2. The second-order valence-electron chi connectivity index (χ2n) is 4.71. The van der Waals surface area contributed by atoms with Crippen LogP contribution in [0.5, 0.6) is 0 Å². The van der Waals surface area contributed by atoms with Gasteiger partial charge >= 0.3 is 0 Å². The third kappa shape index (κ3) is 22.9. The summed E-state index contributed by atoms with van der Waals surface area (Å²) in [5.41, 5.74) is 11.1. The van der Waals surface area contributed by atoms with Gasteiger partial charge in [-0.05, 0) is 13.0 Å². The highest BCUT2D eigenvalue weighted by molar-refractivity contribution is 5.62. The molecule has 5 N–H and O–H groups in total. The molecule has 0 saturated carbocycles. The summed E-state index contributed by atoms with van der Waals surface area (Å²) in [6, 6.07) is 0. The predicted molar refractivity (Wildman–Crippen MR) is 81.2 cm³/mol. The first-order valence-corrected chi connectivity index (χ1v) is 7.40. The van der Waals surface area contributed by atoms with Gasteiger partial charge in [-0.3, -0.25) is 4.79 Å². The normalized spacial score (nSPS) is 10.2. The first-order chi connectivity index (χ1) is 9.08. The topological polar surface area (TPSA) is 92.6 Å². The van der Waals surface area contributed by atoms with Crippen molar-refractivity contribution in [2.45, 2.75) is 52.4 Å². The molecule has 0 aliphatic carbocycles. The minimum absolute atomic E-state index is 0.746. The van der Waals surface area contributed by atoms with E-state index < -0.39 is 5.97 Å². The Kier molecular flexibility index (Phi) is 18.9. The molecule has 0 spiro atoms. The zero-order chi connectivity index (χ0) is 14.9. The number of aliphatic carboxylic acids is 1. The standard InChI is InChI=1S/C12H29N3.C2H4O2/c1-2-3-4-5-6-7-10-15(11-8-13)12-9-14;1-2(3)4/h2-14H2,1H3;1H3,(H,3,4). The number of carboxylic acid groups (broad SMARTS) is 1. The summed E-state index contributed by atoms with van der Waals surface area (Å²) in [4.78, 5) is 11.4. The lowest BCUT2D eigenvalue weighted by atomic mass is 10.1. The summed E-state index contributed by atoms with van der Waals surface area (Å²) >= 11 is 0. The molecule has 0 fully saturated rings. The molecule has 19 heavy (non-hydrogen) atoms. The van der Waals surface area contributed by atoms with Gasteiger partial charge in [-0.15, -0.1) is 0 Å². The Morgan fingerprint density at radius 2 is 1.37 bits per heavy atom. The Morgan fingerprint density at radius 1 is 0.947 bits per heavy atom. The molecule has 0 atom stereocenters. The molecule has 0 radical (unpaired) electrons. The van der Waals surface area contributed by atoms with E-state index in [0.717, 1.165) is 33.1 Å². The molecular formula is C14H33N3O2. The smallest absolute Gasteiger partial charge is 0.300 e. The van der Waals surface area contributed by atoms with Crippen LogP contribution in [0.25, 0.3) is 0 Å². The first kappa shape index (κ1) is 20.7. The summed E-state index contributed by atoms with van der Waals surface area (Å²) in [7, 11) is 0. The van der Waals surface area contributed by atoms with E-state index >= 15 is 0 Å². The fourth-order valence-corrected chi connectivity index (χ4v) is 1.82. The first-order valence-electron chi connectivity index (χ1n) is 7.40. The Hall–Kier alpha value is -0.650. The van der Waals surface area contributed by atoms with E-state index in [1.54, 1.807) is 0 Å². The summed E-state index contributed by atoms with van der Waals surface area (Å²) in [5.74, 6) is -0.833. The molecule has 5 heteroatoms. The van der Waals surface area contributed by atoms with Crippen LogP contribution in [-0.2, 0) is 4.79 Å². The van der Waals surface area contributed by atoms with Crippen LogP contribution in [0.15, 0.2) is 0 Å². The van der Waals surface area contributed by atoms with Crippen molar-refractivity contribution in [3.05, 3.63) is 0 Å². The maximum Gasteiger partial charge on any atom is 0.300 e. The van der Waals surface area contributed by atoms with Crippen molar-refractivity contribution in [2.24, 2.45) is 11.5 Å². The molecule has 0 aromatic rings. The lowest BCUT2D eigenvalue weighted by molar-refractivity contribution is -0.134. The Bertz CT molecular complexity index is 180. The van der Waals surface area contributed by atoms with E-state index in [0.29, 0.717) is 0 Å². The van der Waals surface area contributed by atoms with E-state index in [1.165, 1.54) is 45.1 Å². The minimum Gasteiger partial charge on any atom is -0.481 e. The van der Waals surface area contributed by atoms with Crippen LogP contribution in [0.4, 0.5) is 0 Å². The summed E-state index contributed by atoms with van der Waals surface area (Å²) in [6.45, 7) is 7.98. The van der Waals surface area contributed by atoms with Crippen LogP contribution in [-0.4, -0.2) is 48.7 Å². The molecule has 0 saturated heterocycles. The second-order valence-corrected chi connectivity index (χ2v) is 4.71. The van der Waals surface area contributed by atoms with Crippen molar-refractivity contribution in [1.82, 2.24) is 4.90 Å². The van der Waals surface area contributed by atoms with Gasteiger partial charge in [-0.25, -0.2) is 0 Å². The number of carboxylic acids is 1. The molecule has 0 aliphatic rings. The lowest BCUT2D eigenvalue weighted by Gasteiger charge is -2.20. The number of rotatable bonds is 11. The van der Waals surface area contributed by atoms with Crippen LogP contribution < -0.4 is 11.5 Å². The maximum atomic E-state index is 9.00. The Labute approximate surface area is 118 Å². The number of nitrogens with zero attached hydrogens (tertiary/aromatic N) is 1. The molecule has 0 heterocycles. The average Bonchev–Trinajstić information content (AvgIpc) is 2.33. The number of carbonyl (C=O) groups is 1. The third-order valence-electron chi connectivity index (χ3n) is 2.72. The van der Waals surface area contributed by atoms with E-state index in [9.17, 15) is 0 Å². The van der Waals surface area contributed by atoms with Gasteiger partial charge in [-0.1, -0.05) is 39.0 Å². The van der Waals surface area contributed by atoms with Gasteiger partial charge in [0.15, 0.2) is 0 Å². The van der Waals surface area contributed by atoms with Gasteiger partial charge < -0.3 is 21.5 Å².